The van der Waals surface area contributed by atoms with E-state index in [-0.39, 0.29) is 5.71 Å². The van der Waals surface area contributed by atoms with Crippen molar-refractivity contribution in [1.29, 1.82) is 0 Å². The van der Waals surface area contributed by atoms with Crippen LogP contribution in [0.2, 0.25) is 0 Å². The SMILES string of the molecule is COC(=O)/C(=N/Nc1cc(C)cc(C)c1)c1cc(C)cc(C)c1. The topological polar surface area (TPSA) is 50.7 Å². The Kier molecular flexibility index (Phi) is 5.16. The van der Waals surface area contributed by atoms with Gasteiger partial charge in [0.15, 0.2) is 5.71 Å². The molecule has 2 rings (SSSR count). The number of hydrazone groups is 1. The molecule has 0 unspecified atom stereocenters. The van der Waals surface area contributed by atoms with Crippen molar-refractivity contribution in [2.24, 2.45) is 5.10 Å². The lowest BCUT2D eigenvalue weighted by Crippen LogP contribution is -2.19. The van der Waals surface area contributed by atoms with Crippen LogP contribution in [-0.4, -0.2) is 18.8 Å². The van der Waals surface area contributed by atoms with Crippen molar-refractivity contribution in [2.75, 3.05) is 12.5 Å². The number of aryl methyl sites for hydroxylation is 4. The van der Waals surface area contributed by atoms with E-state index in [1.54, 1.807) is 0 Å². The summed E-state index contributed by atoms with van der Waals surface area (Å²) in [4.78, 5) is 12.1. The summed E-state index contributed by atoms with van der Waals surface area (Å²) in [7, 11) is 1.36. The third-order valence-electron chi connectivity index (χ3n) is 3.39. The van der Waals surface area contributed by atoms with E-state index in [1.807, 2.05) is 52.0 Å². The Morgan fingerprint density at radius 1 is 0.870 bits per heavy atom. The number of hydrogen-bond acceptors (Lipinski definition) is 4. The molecule has 1 N–H and O–H groups in total. The summed E-state index contributed by atoms with van der Waals surface area (Å²) in [6.45, 7) is 8.02. The highest BCUT2D eigenvalue weighted by Crippen LogP contribution is 2.15. The van der Waals surface area contributed by atoms with Gasteiger partial charge in [0.05, 0.1) is 12.8 Å². The molecule has 120 valence electrons. The van der Waals surface area contributed by atoms with Gasteiger partial charge in [-0.2, -0.15) is 5.10 Å². The van der Waals surface area contributed by atoms with Gasteiger partial charge in [-0.25, -0.2) is 4.79 Å². The van der Waals surface area contributed by atoms with Crippen LogP contribution in [0.3, 0.4) is 0 Å². The van der Waals surface area contributed by atoms with Crippen molar-refractivity contribution in [1.82, 2.24) is 0 Å². The fourth-order valence-corrected chi connectivity index (χ4v) is 2.60. The second-order valence-corrected chi connectivity index (χ2v) is 5.82. The van der Waals surface area contributed by atoms with Crippen LogP contribution in [0.15, 0.2) is 41.5 Å². The molecule has 0 saturated heterocycles. The van der Waals surface area contributed by atoms with Gasteiger partial charge in [-0.1, -0.05) is 23.3 Å². The maximum atomic E-state index is 12.1. The zero-order chi connectivity index (χ0) is 17.0. The first kappa shape index (κ1) is 16.7. The van der Waals surface area contributed by atoms with Gasteiger partial charge in [-0.3, -0.25) is 5.43 Å². The molecule has 0 aliphatic rings. The van der Waals surface area contributed by atoms with E-state index in [4.69, 9.17) is 4.74 Å². The third kappa shape index (κ3) is 4.42. The van der Waals surface area contributed by atoms with Gasteiger partial charge in [0, 0.05) is 5.56 Å². The zero-order valence-electron chi connectivity index (χ0n) is 14.2. The Balaban J connectivity index is 2.40. The van der Waals surface area contributed by atoms with Gasteiger partial charge in [0.25, 0.3) is 0 Å². The molecule has 0 aliphatic carbocycles. The van der Waals surface area contributed by atoms with Crippen LogP contribution in [0.4, 0.5) is 5.69 Å². The highest BCUT2D eigenvalue weighted by molar-refractivity contribution is 6.43. The molecule has 23 heavy (non-hydrogen) atoms. The Labute approximate surface area is 137 Å². The minimum absolute atomic E-state index is 0.262. The molecule has 0 aliphatic heterocycles. The number of benzene rings is 2. The second kappa shape index (κ2) is 7.09. The molecule has 0 fully saturated rings. The number of rotatable bonds is 4. The van der Waals surface area contributed by atoms with Gasteiger partial charge in [0.2, 0.25) is 0 Å². The number of esters is 1. The van der Waals surface area contributed by atoms with Crippen LogP contribution >= 0.6 is 0 Å². The van der Waals surface area contributed by atoms with Crippen molar-refractivity contribution in [3.05, 3.63) is 64.2 Å². The number of methoxy groups -OCH3 is 1. The number of hydrogen-bond donors (Lipinski definition) is 1. The van der Waals surface area contributed by atoms with E-state index in [2.05, 4.69) is 22.7 Å². The average molecular weight is 310 g/mol. The van der Waals surface area contributed by atoms with Crippen LogP contribution in [0.5, 0.6) is 0 Å². The monoisotopic (exact) mass is 310 g/mol. The fourth-order valence-electron chi connectivity index (χ4n) is 2.60. The predicted molar refractivity (Wildman–Crippen MR) is 94.0 cm³/mol. The lowest BCUT2D eigenvalue weighted by molar-refractivity contribution is -0.132. The van der Waals surface area contributed by atoms with Crippen LogP contribution in [0, 0.1) is 27.7 Å². The first-order valence-corrected chi connectivity index (χ1v) is 7.48. The summed E-state index contributed by atoms with van der Waals surface area (Å²) in [6.07, 6.45) is 0. The van der Waals surface area contributed by atoms with Crippen LogP contribution in [0.1, 0.15) is 27.8 Å². The Hall–Kier alpha value is -2.62. The van der Waals surface area contributed by atoms with Crippen molar-refractivity contribution < 1.29 is 9.53 Å². The summed E-state index contributed by atoms with van der Waals surface area (Å²) in [5.41, 5.74) is 9.22. The Morgan fingerprint density at radius 3 is 1.83 bits per heavy atom. The molecule has 0 radical (unpaired) electrons. The van der Waals surface area contributed by atoms with Gasteiger partial charge in [0.1, 0.15) is 0 Å². The molecule has 4 heteroatoms. The molecule has 2 aromatic rings. The Bertz CT molecular complexity index is 723. The molecule has 4 nitrogen and oxygen atoms in total. The molecular formula is C19H22N2O2. The second-order valence-electron chi connectivity index (χ2n) is 5.82. The van der Waals surface area contributed by atoms with E-state index < -0.39 is 5.97 Å². The molecule has 0 spiro atoms. The standard InChI is InChI=1S/C19H22N2O2/c1-12-6-13(2)9-16(8-12)18(19(22)23-5)21-20-17-10-14(3)7-15(4)11-17/h6-11,20H,1-5H3/b21-18+. The summed E-state index contributed by atoms with van der Waals surface area (Å²) < 4.78 is 4.87. The van der Waals surface area contributed by atoms with E-state index in [1.165, 1.54) is 7.11 Å². The van der Waals surface area contributed by atoms with Crippen LogP contribution in [0.25, 0.3) is 0 Å². The smallest absolute Gasteiger partial charge is 0.359 e. The van der Waals surface area contributed by atoms with E-state index in [0.29, 0.717) is 0 Å². The number of carbonyl (C=O) groups is 1. The van der Waals surface area contributed by atoms with Gasteiger partial charge >= 0.3 is 5.97 Å². The molecule has 2 aromatic carbocycles. The maximum absolute atomic E-state index is 12.1. The summed E-state index contributed by atoms with van der Waals surface area (Å²) in [5, 5.41) is 4.29. The maximum Gasteiger partial charge on any atom is 0.359 e. The highest BCUT2D eigenvalue weighted by Gasteiger charge is 2.15. The molecule has 0 bridgehead atoms. The number of ether oxygens (including phenoxy) is 1. The van der Waals surface area contributed by atoms with E-state index in [9.17, 15) is 4.79 Å². The Morgan fingerprint density at radius 2 is 1.35 bits per heavy atom. The molecular weight excluding hydrogens is 288 g/mol. The quantitative estimate of drug-likeness (QED) is 0.529. The van der Waals surface area contributed by atoms with Crippen molar-refractivity contribution in [3.63, 3.8) is 0 Å². The van der Waals surface area contributed by atoms with Crippen molar-refractivity contribution in [3.8, 4) is 0 Å². The van der Waals surface area contributed by atoms with Crippen molar-refractivity contribution >= 4 is 17.4 Å². The first-order chi connectivity index (χ1) is 10.9. The summed E-state index contributed by atoms with van der Waals surface area (Å²) in [6, 6.07) is 11.9. The predicted octanol–water partition coefficient (Wildman–Crippen LogP) is 3.91. The zero-order valence-corrected chi connectivity index (χ0v) is 14.2. The fraction of sp³-hybridized carbons (Fsp3) is 0.263. The van der Waals surface area contributed by atoms with E-state index >= 15 is 0 Å². The van der Waals surface area contributed by atoms with Crippen LogP contribution < -0.4 is 5.43 Å². The third-order valence-corrected chi connectivity index (χ3v) is 3.39. The van der Waals surface area contributed by atoms with Crippen LogP contribution in [-0.2, 0) is 9.53 Å². The molecule has 0 amide bonds. The first-order valence-electron chi connectivity index (χ1n) is 7.48. The number of anilines is 1. The molecule has 0 aromatic heterocycles. The summed E-state index contributed by atoms with van der Waals surface area (Å²) in [5.74, 6) is -0.466. The number of nitrogens with one attached hydrogen (secondary N) is 1. The molecule has 0 saturated carbocycles. The minimum atomic E-state index is -0.466. The van der Waals surface area contributed by atoms with Gasteiger partial charge in [-0.05, 0) is 63.1 Å². The average Bonchev–Trinajstić information content (AvgIpc) is 2.45. The normalized spacial score (nSPS) is 11.3. The number of carbonyl (C=O) groups excluding carboxylic acids is 1. The van der Waals surface area contributed by atoms with E-state index in [0.717, 1.165) is 33.5 Å². The lowest BCUT2D eigenvalue weighted by Gasteiger charge is -2.09. The lowest BCUT2D eigenvalue weighted by atomic mass is 10.0. The van der Waals surface area contributed by atoms with Gasteiger partial charge in [-0.15, -0.1) is 0 Å². The summed E-state index contributed by atoms with van der Waals surface area (Å²) >= 11 is 0. The largest absolute Gasteiger partial charge is 0.464 e. The van der Waals surface area contributed by atoms with Gasteiger partial charge < -0.3 is 4.74 Å². The van der Waals surface area contributed by atoms with Crippen molar-refractivity contribution in [2.45, 2.75) is 27.7 Å². The molecule has 0 atom stereocenters. The molecule has 0 heterocycles. The highest BCUT2D eigenvalue weighted by atomic mass is 16.5. The minimum Gasteiger partial charge on any atom is -0.464 e. The number of nitrogens with zero attached hydrogens (tertiary/aromatic N) is 1.